The first-order chi connectivity index (χ1) is 17.0. The zero-order chi connectivity index (χ0) is 24.5. The maximum Gasteiger partial charge on any atom is 0.253 e. The summed E-state index contributed by atoms with van der Waals surface area (Å²) in [6, 6.07) is 9.90. The van der Waals surface area contributed by atoms with Crippen molar-refractivity contribution >= 4 is 34.4 Å². The molecule has 0 bridgehead atoms. The molecule has 0 atom stereocenters. The van der Waals surface area contributed by atoms with E-state index in [9.17, 15) is 4.79 Å². The minimum absolute atomic E-state index is 0.224. The summed E-state index contributed by atoms with van der Waals surface area (Å²) < 4.78 is 1.89. The summed E-state index contributed by atoms with van der Waals surface area (Å²) >= 11 is 1.66. The Morgan fingerprint density at radius 2 is 2.09 bits per heavy atom. The van der Waals surface area contributed by atoms with E-state index in [0.717, 1.165) is 21.8 Å². The van der Waals surface area contributed by atoms with Crippen LogP contribution in [-0.2, 0) is 6.54 Å². The second-order valence-electron chi connectivity index (χ2n) is 8.68. The molecule has 35 heavy (non-hydrogen) atoms. The Balaban J connectivity index is 1.48. The zero-order valence-electron chi connectivity index (χ0n) is 19.7. The summed E-state index contributed by atoms with van der Waals surface area (Å²) in [7, 11) is 0. The van der Waals surface area contributed by atoms with Crippen molar-refractivity contribution in [2.24, 2.45) is 16.8 Å². The van der Waals surface area contributed by atoms with E-state index in [0.29, 0.717) is 41.6 Å². The molecule has 10 heteroatoms. The van der Waals surface area contributed by atoms with Crippen LogP contribution in [0.25, 0.3) is 16.2 Å². The Morgan fingerprint density at radius 1 is 1.26 bits per heavy atom. The van der Waals surface area contributed by atoms with E-state index in [1.54, 1.807) is 29.8 Å². The van der Waals surface area contributed by atoms with E-state index >= 15 is 0 Å². The lowest BCUT2D eigenvalue weighted by atomic mass is 10.2. The number of hydrogen-bond donors (Lipinski definition) is 3. The minimum Gasteiger partial charge on any atom is -0.348 e. The number of carbonyl (C=O) groups excluding carboxylic acids is 1. The molecule has 1 saturated carbocycles. The molecule has 1 aliphatic rings. The number of nitrogens with two attached hydrogens (primary N) is 2. The highest BCUT2D eigenvalue weighted by Gasteiger charge is 2.24. The Kier molecular flexibility index (Phi) is 6.23. The highest BCUT2D eigenvalue weighted by atomic mass is 32.1. The number of hydrazone groups is 1. The van der Waals surface area contributed by atoms with Gasteiger partial charge in [0.1, 0.15) is 11.5 Å². The predicted octanol–water partition coefficient (Wildman–Crippen LogP) is 3.94. The van der Waals surface area contributed by atoms with Gasteiger partial charge in [-0.1, -0.05) is 13.0 Å². The first-order valence-electron chi connectivity index (χ1n) is 11.6. The van der Waals surface area contributed by atoms with E-state index in [2.05, 4.69) is 39.4 Å². The molecule has 9 nitrogen and oxygen atoms in total. The Bertz CT molecular complexity index is 1400. The molecule has 0 unspecified atom stereocenters. The molecule has 0 aromatic carbocycles. The number of hydrogen-bond acceptors (Lipinski definition) is 7. The molecule has 5 rings (SSSR count). The second kappa shape index (κ2) is 9.47. The second-order valence-corrected chi connectivity index (χ2v) is 9.97. The molecule has 1 aliphatic carbocycles. The van der Waals surface area contributed by atoms with Gasteiger partial charge in [-0.05, 0) is 49.6 Å². The molecule has 1 amide bonds. The van der Waals surface area contributed by atoms with Crippen molar-refractivity contribution < 1.29 is 4.79 Å². The number of aryl methyl sites for hydroxylation is 1. The van der Waals surface area contributed by atoms with E-state index in [-0.39, 0.29) is 5.91 Å². The summed E-state index contributed by atoms with van der Waals surface area (Å²) in [5, 5.41) is 8.20. The van der Waals surface area contributed by atoms with Crippen LogP contribution in [0.2, 0.25) is 0 Å². The molecule has 4 aromatic heterocycles. The highest BCUT2D eigenvalue weighted by Crippen LogP contribution is 2.38. The number of nitrogens with one attached hydrogen (secondary N) is 1. The lowest BCUT2D eigenvalue weighted by Gasteiger charge is -2.20. The third-order valence-electron chi connectivity index (χ3n) is 6.14. The van der Waals surface area contributed by atoms with Gasteiger partial charge in [0, 0.05) is 41.8 Å². The number of amides is 1. The molecule has 4 heterocycles. The summed E-state index contributed by atoms with van der Waals surface area (Å²) in [5.74, 6) is 12.8. The van der Waals surface area contributed by atoms with E-state index in [1.165, 1.54) is 22.7 Å². The number of aromatic nitrogens is 3. The fourth-order valence-corrected chi connectivity index (χ4v) is 4.91. The summed E-state index contributed by atoms with van der Waals surface area (Å²) in [6.45, 7) is 4.34. The molecular weight excluding hydrogens is 460 g/mol. The lowest BCUT2D eigenvalue weighted by molar-refractivity contribution is 0.0950. The van der Waals surface area contributed by atoms with Gasteiger partial charge in [-0.2, -0.15) is 5.10 Å². The van der Waals surface area contributed by atoms with Gasteiger partial charge in [0.2, 0.25) is 0 Å². The SMILES string of the molecule is CC/C(=N/N)N(N)c1cc(C(=O)NCc2ccc(C3CC3)nc2)cn2c(-c3ccc(C)s3)cnc12. The van der Waals surface area contributed by atoms with Gasteiger partial charge in [-0.15, -0.1) is 11.3 Å². The van der Waals surface area contributed by atoms with Crippen LogP contribution in [0, 0.1) is 6.92 Å². The van der Waals surface area contributed by atoms with Crippen LogP contribution in [0.4, 0.5) is 5.69 Å². The van der Waals surface area contributed by atoms with Crippen molar-refractivity contribution in [1.29, 1.82) is 0 Å². The number of carbonyl (C=O) groups is 1. The van der Waals surface area contributed by atoms with Gasteiger partial charge in [0.05, 0.1) is 22.3 Å². The van der Waals surface area contributed by atoms with Crippen LogP contribution < -0.4 is 22.0 Å². The number of anilines is 1. The maximum atomic E-state index is 13.2. The van der Waals surface area contributed by atoms with Crippen LogP contribution in [0.5, 0.6) is 0 Å². The number of amidine groups is 1. The molecule has 180 valence electrons. The van der Waals surface area contributed by atoms with Gasteiger partial charge in [-0.25, -0.2) is 10.8 Å². The monoisotopic (exact) mass is 488 g/mol. The summed E-state index contributed by atoms with van der Waals surface area (Å²) in [5.41, 5.74) is 4.56. The maximum absolute atomic E-state index is 13.2. The number of pyridine rings is 2. The Hall–Kier alpha value is -3.76. The van der Waals surface area contributed by atoms with Crippen LogP contribution in [0.15, 0.2) is 54.0 Å². The average Bonchev–Trinajstić information content (AvgIpc) is 3.50. The third-order valence-corrected chi connectivity index (χ3v) is 7.16. The smallest absolute Gasteiger partial charge is 0.253 e. The van der Waals surface area contributed by atoms with E-state index in [4.69, 9.17) is 11.7 Å². The summed E-state index contributed by atoms with van der Waals surface area (Å²) in [6.07, 6.45) is 8.36. The molecule has 4 aromatic rings. The molecule has 0 radical (unpaired) electrons. The number of nitrogens with zero attached hydrogens (tertiary/aromatic N) is 5. The normalized spacial score (nSPS) is 13.9. The molecule has 1 fully saturated rings. The topological polar surface area (TPSA) is 127 Å². The van der Waals surface area contributed by atoms with Crippen molar-refractivity contribution in [2.75, 3.05) is 5.01 Å². The third kappa shape index (κ3) is 4.62. The van der Waals surface area contributed by atoms with Crippen molar-refractivity contribution in [3.05, 3.63) is 70.6 Å². The van der Waals surface area contributed by atoms with Crippen LogP contribution in [0.3, 0.4) is 0 Å². The quantitative estimate of drug-likeness (QED) is 0.157. The number of imidazole rings is 1. The number of thiophene rings is 1. The van der Waals surface area contributed by atoms with Crippen molar-refractivity contribution in [3.63, 3.8) is 0 Å². The van der Waals surface area contributed by atoms with Gasteiger partial charge in [-0.3, -0.25) is 19.2 Å². The van der Waals surface area contributed by atoms with Crippen LogP contribution >= 0.6 is 11.3 Å². The Morgan fingerprint density at radius 3 is 2.71 bits per heavy atom. The average molecular weight is 489 g/mol. The summed E-state index contributed by atoms with van der Waals surface area (Å²) in [4.78, 5) is 24.6. The van der Waals surface area contributed by atoms with E-state index in [1.807, 2.05) is 29.7 Å². The fourth-order valence-electron chi connectivity index (χ4n) is 4.03. The van der Waals surface area contributed by atoms with Crippen molar-refractivity contribution in [2.45, 2.75) is 45.6 Å². The standard InChI is InChI=1S/C25H28N8OS/c1-3-23(31-26)33(27)20-10-18(14-32-21(13-29-24(20)32)22-9-4-15(2)35-22)25(34)30-12-16-5-8-19(28-11-16)17-6-7-17/h4-5,8-11,13-14,17H,3,6-7,12,26-27H2,1-2H3,(H,30,34)/b31-23-. The number of rotatable bonds is 7. The molecular formula is C25H28N8OS. The number of hydrazine groups is 1. The van der Waals surface area contributed by atoms with Crippen molar-refractivity contribution in [1.82, 2.24) is 19.7 Å². The fraction of sp³-hybridized carbons (Fsp3) is 0.280. The predicted molar refractivity (Wildman–Crippen MR) is 139 cm³/mol. The highest BCUT2D eigenvalue weighted by molar-refractivity contribution is 7.15. The Labute approximate surface area is 207 Å². The molecule has 0 saturated heterocycles. The first-order valence-corrected chi connectivity index (χ1v) is 12.4. The van der Waals surface area contributed by atoms with Gasteiger partial charge < -0.3 is 11.2 Å². The minimum atomic E-state index is -0.224. The zero-order valence-corrected chi connectivity index (χ0v) is 20.5. The van der Waals surface area contributed by atoms with Gasteiger partial charge in [0.15, 0.2) is 5.65 Å². The van der Waals surface area contributed by atoms with Crippen molar-refractivity contribution in [3.8, 4) is 10.6 Å². The van der Waals surface area contributed by atoms with Gasteiger partial charge >= 0.3 is 0 Å². The number of fused-ring (bicyclic) bond motifs is 1. The van der Waals surface area contributed by atoms with E-state index < -0.39 is 0 Å². The molecule has 5 N–H and O–H groups in total. The first kappa shape index (κ1) is 23.0. The van der Waals surface area contributed by atoms with Crippen LogP contribution in [-0.4, -0.2) is 26.1 Å². The lowest BCUT2D eigenvalue weighted by Crippen LogP contribution is -2.38. The molecule has 0 aliphatic heterocycles. The van der Waals surface area contributed by atoms with Gasteiger partial charge in [0.25, 0.3) is 5.91 Å². The van der Waals surface area contributed by atoms with Crippen LogP contribution in [0.1, 0.15) is 58.6 Å². The largest absolute Gasteiger partial charge is 0.348 e. The molecule has 0 spiro atoms.